The van der Waals surface area contributed by atoms with Gasteiger partial charge in [0.25, 0.3) is 0 Å². The number of rotatable bonds is 4. The Bertz CT molecular complexity index is 164. The van der Waals surface area contributed by atoms with Crippen molar-refractivity contribution in [3.8, 4) is 12.3 Å². The Morgan fingerprint density at radius 3 is 2.73 bits per heavy atom. The van der Waals surface area contributed by atoms with Crippen LogP contribution in [0.1, 0.15) is 33.1 Å². The lowest BCUT2D eigenvalue weighted by Gasteiger charge is -2.04. The van der Waals surface area contributed by atoms with Crippen molar-refractivity contribution in [1.82, 2.24) is 5.32 Å². The fraction of sp³-hybridized carbons (Fsp3) is 0.800. The van der Waals surface area contributed by atoms with E-state index in [1.165, 1.54) is 6.42 Å². The molecule has 62 valence electrons. The Kier molecular flexibility index (Phi) is 2.57. The minimum Gasteiger partial charge on any atom is -0.313 e. The van der Waals surface area contributed by atoms with Crippen molar-refractivity contribution in [2.75, 3.05) is 6.54 Å². The average Bonchev–Trinajstić information content (AvgIpc) is 2.52. The quantitative estimate of drug-likeness (QED) is 0.477. The fourth-order valence-electron chi connectivity index (χ4n) is 1.28. The molecule has 0 bridgehead atoms. The van der Waals surface area contributed by atoms with Gasteiger partial charge in [0.1, 0.15) is 0 Å². The topological polar surface area (TPSA) is 12.0 Å². The summed E-state index contributed by atoms with van der Waals surface area (Å²) in [7, 11) is 0. The van der Waals surface area contributed by atoms with Crippen LogP contribution in [0.5, 0.6) is 0 Å². The minimum atomic E-state index is 0.552. The molecule has 0 radical (unpaired) electrons. The van der Waals surface area contributed by atoms with Gasteiger partial charge in [0.05, 0.1) is 0 Å². The molecule has 1 unspecified atom stereocenters. The van der Waals surface area contributed by atoms with E-state index in [9.17, 15) is 0 Å². The van der Waals surface area contributed by atoms with Crippen LogP contribution in [-0.4, -0.2) is 12.6 Å². The lowest BCUT2D eigenvalue weighted by Crippen LogP contribution is -2.21. The normalized spacial score (nSPS) is 26.1. The number of unbranched alkanes of at least 4 members (excludes halogenated alkanes) is 1. The zero-order chi connectivity index (χ0) is 8.32. The highest BCUT2D eigenvalue weighted by molar-refractivity contribution is 5.01. The van der Waals surface area contributed by atoms with Crippen molar-refractivity contribution in [3.05, 3.63) is 0 Å². The number of nitrogens with one attached hydrogen (secondary N) is 1. The maximum atomic E-state index is 5.14. The lowest BCUT2D eigenvalue weighted by molar-refractivity contribution is 0.537. The van der Waals surface area contributed by atoms with Gasteiger partial charge in [-0.2, -0.15) is 0 Å². The Balaban J connectivity index is 1.95. The van der Waals surface area contributed by atoms with Crippen molar-refractivity contribution < 1.29 is 0 Å². The third-order valence-corrected chi connectivity index (χ3v) is 2.40. The molecule has 1 aliphatic carbocycles. The first-order valence-electron chi connectivity index (χ1n) is 4.33. The molecule has 0 aromatic heterocycles. The van der Waals surface area contributed by atoms with Crippen molar-refractivity contribution in [3.63, 3.8) is 0 Å². The van der Waals surface area contributed by atoms with E-state index in [2.05, 4.69) is 25.1 Å². The van der Waals surface area contributed by atoms with E-state index in [0.29, 0.717) is 5.41 Å². The minimum absolute atomic E-state index is 0.552. The molecule has 0 amide bonds. The van der Waals surface area contributed by atoms with Crippen LogP contribution in [0.25, 0.3) is 0 Å². The Labute approximate surface area is 69.6 Å². The second-order valence-electron chi connectivity index (χ2n) is 4.01. The standard InChI is InChI=1S/C10H17N/c1-4-5-6-7-11-9-8-10(9,2)3/h1,9,11H,5-8H2,2-3H3. The van der Waals surface area contributed by atoms with Crippen molar-refractivity contribution >= 4 is 0 Å². The molecule has 0 heterocycles. The highest BCUT2D eigenvalue weighted by Gasteiger charge is 2.44. The van der Waals surface area contributed by atoms with Crippen LogP contribution in [0.3, 0.4) is 0 Å². The zero-order valence-corrected chi connectivity index (χ0v) is 7.48. The maximum Gasteiger partial charge on any atom is 0.0124 e. The monoisotopic (exact) mass is 151 g/mol. The van der Waals surface area contributed by atoms with Gasteiger partial charge in [0.15, 0.2) is 0 Å². The molecule has 1 saturated carbocycles. The van der Waals surface area contributed by atoms with Crippen molar-refractivity contribution in [1.29, 1.82) is 0 Å². The van der Waals surface area contributed by atoms with Gasteiger partial charge in [0.2, 0.25) is 0 Å². The molecular formula is C10H17N. The molecule has 0 saturated heterocycles. The second kappa shape index (κ2) is 3.28. The van der Waals surface area contributed by atoms with Gasteiger partial charge < -0.3 is 5.32 Å². The van der Waals surface area contributed by atoms with Gasteiger partial charge in [0, 0.05) is 12.5 Å². The molecule has 0 aromatic carbocycles. The van der Waals surface area contributed by atoms with Gasteiger partial charge in [-0.15, -0.1) is 12.3 Å². The third-order valence-electron chi connectivity index (χ3n) is 2.40. The molecule has 1 fully saturated rings. The number of hydrogen-bond donors (Lipinski definition) is 1. The Morgan fingerprint density at radius 2 is 2.27 bits per heavy atom. The lowest BCUT2D eigenvalue weighted by atomic mass is 10.2. The molecule has 1 heteroatoms. The Hall–Kier alpha value is -0.480. The summed E-state index contributed by atoms with van der Waals surface area (Å²) in [4.78, 5) is 0. The SMILES string of the molecule is C#CCCCNC1CC1(C)C. The smallest absolute Gasteiger partial charge is 0.0124 e. The van der Waals surface area contributed by atoms with E-state index < -0.39 is 0 Å². The molecular weight excluding hydrogens is 134 g/mol. The molecule has 1 atom stereocenters. The largest absolute Gasteiger partial charge is 0.313 e. The first-order chi connectivity index (χ1) is 5.17. The molecule has 1 aliphatic rings. The number of hydrogen-bond acceptors (Lipinski definition) is 1. The molecule has 0 aromatic rings. The molecule has 1 nitrogen and oxygen atoms in total. The first kappa shape index (κ1) is 8.62. The maximum absolute atomic E-state index is 5.14. The molecule has 0 spiro atoms. The van der Waals surface area contributed by atoms with E-state index in [1.54, 1.807) is 0 Å². The summed E-state index contributed by atoms with van der Waals surface area (Å²) in [5.74, 6) is 2.64. The van der Waals surface area contributed by atoms with Crippen LogP contribution < -0.4 is 5.32 Å². The van der Waals surface area contributed by atoms with Gasteiger partial charge in [-0.3, -0.25) is 0 Å². The molecule has 11 heavy (non-hydrogen) atoms. The third kappa shape index (κ3) is 2.55. The van der Waals surface area contributed by atoms with E-state index in [0.717, 1.165) is 25.4 Å². The predicted octanol–water partition coefficient (Wildman–Crippen LogP) is 1.79. The van der Waals surface area contributed by atoms with Crippen LogP contribution in [0.2, 0.25) is 0 Å². The summed E-state index contributed by atoms with van der Waals surface area (Å²) < 4.78 is 0. The van der Waals surface area contributed by atoms with E-state index >= 15 is 0 Å². The highest BCUT2D eigenvalue weighted by atomic mass is 15.0. The van der Waals surface area contributed by atoms with Gasteiger partial charge in [-0.1, -0.05) is 13.8 Å². The zero-order valence-electron chi connectivity index (χ0n) is 7.48. The second-order valence-corrected chi connectivity index (χ2v) is 4.01. The van der Waals surface area contributed by atoms with Crippen molar-refractivity contribution in [2.24, 2.45) is 5.41 Å². The summed E-state index contributed by atoms with van der Waals surface area (Å²) in [5, 5.41) is 3.49. The van der Waals surface area contributed by atoms with E-state index in [4.69, 9.17) is 6.42 Å². The molecule has 1 rings (SSSR count). The highest BCUT2D eigenvalue weighted by Crippen LogP contribution is 2.44. The van der Waals surface area contributed by atoms with Crippen LogP contribution in [0.15, 0.2) is 0 Å². The van der Waals surface area contributed by atoms with E-state index in [1.807, 2.05) is 0 Å². The first-order valence-corrected chi connectivity index (χ1v) is 4.33. The van der Waals surface area contributed by atoms with Gasteiger partial charge in [-0.25, -0.2) is 0 Å². The average molecular weight is 151 g/mol. The predicted molar refractivity (Wildman–Crippen MR) is 48.3 cm³/mol. The van der Waals surface area contributed by atoms with Crippen LogP contribution in [0.4, 0.5) is 0 Å². The Morgan fingerprint density at radius 1 is 1.64 bits per heavy atom. The summed E-state index contributed by atoms with van der Waals surface area (Å²) in [5.41, 5.74) is 0.552. The van der Waals surface area contributed by atoms with Crippen LogP contribution >= 0.6 is 0 Å². The van der Waals surface area contributed by atoms with Crippen molar-refractivity contribution in [2.45, 2.75) is 39.2 Å². The van der Waals surface area contributed by atoms with E-state index in [-0.39, 0.29) is 0 Å². The summed E-state index contributed by atoms with van der Waals surface area (Å²) in [6.07, 6.45) is 8.48. The van der Waals surface area contributed by atoms with Crippen LogP contribution in [-0.2, 0) is 0 Å². The van der Waals surface area contributed by atoms with Crippen LogP contribution in [0, 0.1) is 17.8 Å². The molecule has 0 aliphatic heterocycles. The fourth-order valence-corrected chi connectivity index (χ4v) is 1.28. The summed E-state index contributed by atoms with van der Waals surface area (Å²) in [6, 6.07) is 0.750. The van der Waals surface area contributed by atoms with Gasteiger partial charge >= 0.3 is 0 Å². The summed E-state index contributed by atoms with van der Waals surface area (Å²) in [6.45, 7) is 5.68. The number of terminal acetylenes is 1. The molecule has 1 N–H and O–H groups in total. The van der Waals surface area contributed by atoms with Gasteiger partial charge in [-0.05, 0) is 24.8 Å². The summed E-state index contributed by atoms with van der Waals surface area (Å²) >= 11 is 0.